The Morgan fingerprint density at radius 3 is 2.29 bits per heavy atom. The van der Waals surface area contributed by atoms with Crippen LogP contribution in [0.3, 0.4) is 0 Å². The molecule has 106 valence electrons. The quantitative estimate of drug-likeness (QED) is 0.742. The van der Waals surface area contributed by atoms with Crippen LogP contribution in [0.15, 0.2) is 66.7 Å². The molecule has 0 amide bonds. The van der Waals surface area contributed by atoms with Crippen molar-refractivity contribution in [2.75, 3.05) is 0 Å². The third-order valence-corrected chi connectivity index (χ3v) is 4.04. The van der Waals surface area contributed by atoms with Crippen LogP contribution in [0.5, 0.6) is 0 Å². The van der Waals surface area contributed by atoms with Crippen molar-refractivity contribution in [1.82, 2.24) is 0 Å². The largest absolute Gasteiger partial charge is 0.380 e. The molecule has 0 bridgehead atoms. The normalized spacial score (nSPS) is 14.0. The van der Waals surface area contributed by atoms with Crippen molar-refractivity contribution >= 4 is 10.8 Å². The van der Waals surface area contributed by atoms with Gasteiger partial charge in [0.2, 0.25) is 0 Å². The first-order valence-electron chi connectivity index (χ1n) is 7.11. The Morgan fingerprint density at radius 2 is 1.57 bits per heavy atom. The Bertz CT molecular complexity index is 781. The predicted octanol–water partition coefficient (Wildman–Crippen LogP) is 4.62. The van der Waals surface area contributed by atoms with Crippen LogP contribution < -0.4 is 0 Å². The van der Waals surface area contributed by atoms with Crippen LogP contribution >= 0.6 is 0 Å². The zero-order valence-corrected chi connectivity index (χ0v) is 11.9. The van der Waals surface area contributed by atoms with Crippen LogP contribution in [0.4, 0.5) is 4.39 Å². The van der Waals surface area contributed by atoms with Gasteiger partial charge in [-0.3, -0.25) is 0 Å². The van der Waals surface area contributed by atoms with E-state index in [1.54, 1.807) is 12.1 Å². The van der Waals surface area contributed by atoms with Crippen LogP contribution in [0.25, 0.3) is 10.8 Å². The first-order chi connectivity index (χ1) is 10.1. The summed E-state index contributed by atoms with van der Waals surface area (Å²) in [4.78, 5) is 0. The highest BCUT2D eigenvalue weighted by molar-refractivity contribution is 5.83. The van der Waals surface area contributed by atoms with E-state index in [4.69, 9.17) is 0 Å². The topological polar surface area (TPSA) is 20.2 Å². The van der Waals surface area contributed by atoms with Gasteiger partial charge in [-0.1, -0.05) is 55.5 Å². The van der Waals surface area contributed by atoms with Gasteiger partial charge in [0.1, 0.15) is 11.4 Å². The fourth-order valence-corrected chi connectivity index (χ4v) is 2.77. The van der Waals surface area contributed by atoms with E-state index in [0.717, 1.165) is 16.3 Å². The van der Waals surface area contributed by atoms with Crippen molar-refractivity contribution in [3.05, 3.63) is 83.7 Å². The minimum atomic E-state index is -1.17. The summed E-state index contributed by atoms with van der Waals surface area (Å²) in [5.41, 5.74) is 0.196. The van der Waals surface area contributed by atoms with E-state index >= 15 is 0 Å². The summed E-state index contributed by atoms with van der Waals surface area (Å²) in [5, 5.41) is 13.3. The molecule has 2 heteroatoms. The Morgan fingerprint density at radius 1 is 0.857 bits per heavy atom. The Kier molecular flexibility index (Phi) is 3.48. The molecule has 0 saturated heterocycles. The third kappa shape index (κ3) is 2.43. The number of hydrogen-bond donors (Lipinski definition) is 1. The van der Waals surface area contributed by atoms with Crippen LogP contribution in [-0.2, 0) is 5.60 Å². The number of aliphatic hydroxyl groups is 1. The summed E-state index contributed by atoms with van der Waals surface area (Å²) in [5.74, 6) is -0.333. The second kappa shape index (κ2) is 5.30. The lowest BCUT2D eigenvalue weighted by Gasteiger charge is -2.28. The summed E-state index contributed by atoms with van der Waals surface area (Å²) in [6, 6.07) is 20.1. The molecular weight excluding hydrogens is 263 g/mol. The summed E-state index contributed by atoms with van der Waals surface area (Å²) in [7, 11) is 0. The molecule has 0 aliphatic heterocycles. The second-order valence-corrected chi connectivity index (χ2v) is 5.29. The smallest absolute Gasteiger partial charge is 0.123 e. The highest BCUT2D eigenvalue weighted by Crippen LogP contribution is 2.34. The van der Waals surface area contributed by atoms with Gasteiger partial charge in [-0.2, -0.15) is 0 Å². The van der Waals surface area contributed by atoms with E-state index < -0.39 is 5.60 Å². The van der Waals surface area contributed by atoms with Gasteiger partial charge in [0, 0.05) is 0 Å². The average Bonchev–Trinajstić information content (AvgIpc) is 2.53. The maximum absolute atomic E-state index is 13.5. The van der Waals surface area contributed by atoms with Gasteiger partial charge in [-0.15, -0.1) is 0 Å². The summed E-state index contributed by atoms with van der Waals surface area (Å²) in [6.45, 7) is 1.90. The summed E-state index contributed by atoms with van der Waals surface area (Å²) >= 11 is 0. The highest BCUT2D eigenvalue weighted by atomic mass is 19.1. The maximum Gasteiger partial charge on any atom is 0.123 e. The first kappa shape index (κ1) is 13.8. The van der Waals surface area contributed by atoms with Crippen LogP contribution in [-0.4, -0.2) is 5.11 Å². The number of fused-ring (bicyclic) bond motifs is 1. The molecule has 3 aromatic rings. The van der Waals surface area contributed by atoms with Gasteiger partial charge in [0.05, 0.1) is 0 Å². The third-order valence-electron chi connectivity index (χ3n) is 4.04. The maximum atomic E-state index is 13.5. The Labute approximate surface area is 123 Å². The molecule has 21 heavy (non-hydrogen) atoms. The van der Waals surface area contributed by atoms with Gasteiger partial charge >= 0.3 is 0 Å². The molecule has 1 atom stereocenters. The van der Waals surface area contributed by atoms with Gasteiger partial charge in [0.15, 0.2) is 0 Å². The number of benzene rings is 3. The number of hydrogen-bond acceptors (Lipinski definition) is 1. The SMILES string of the molecule is CCC(O)(c1cccc(F)c1)c1ccc2ccccc2c1. The van der Waals surface area contributed by atoms with E-state index in [2.05, 4.69) is 0 Å². The predicted molar refractivity (Wildman–Crippen MR) is 83.6 cm³/mol. The summed E-state index contributed by atoms with van der Waals surface area (Å²) in [6.07, 6.45) is 0.481. The molecule has 0 fully saturated rings. The van der Waals surface area contributed by atoms with Crippen molar-refractivity contribution in [2.45, 2.75) is 18.9 Å². The molecule has 0 radical (unpaired) electrons. The second-order valence-electron chi connectivity index (χ2n) is 5.29. The molecule has 0 aromatic heterocycles. The average molecular weight is 280 g/mol. The fourth-order valence-electron chi connectivity index (χ4n) is 2.77. The van der Waals surface area contributed by atoms with Crippen LogP contribution in [0.2, 0.25) is 0 Å². The van der Waals surface area contributed by atoms with Crippen LogP contribution in [0.1, 0.15) is 24.5 Å². The van der Waals surface area contributed by atoms with E-state index in [-0.39, 0.29) is 5.82 Å². The molecule has 0 spiro atoms. The molecule has 0 aliphatic rings. The van der Waals surface area contributed by atoms with Gasteiger partial charge in [0.25, 0.3) is 0 Å². The zero-order valence-electron chi connectivity index (χ0n) is 11.9. The Balaban J connectivity index is 2.16. The monoisotopic (exact) mass is 280 g/mol. The molecule has 3 rings (SSSR count). The summed E-state index contributed by atoms with van der Waals surface area (Å²) < 4.78 is 13.5. The van der Waals surface area contributed by atoms with E-state index in [9.17, 15) is 9.50 Å². The van der Waals surface area contributed by atoms with Crippen molar-refractivity contribution in [1.29, 1.82) is 0 Å². The molecule has 0 heterocycles. The van der Waals surface area contributed by atoms with Gasteiger partial charge < -0.3 is 5.11 Å². The lowest BCUT2D eigenvalue weighted by atomic mass is 9.83. The molecule has 1 unspecified atom stereocenters. The number of rotatable bonds is 3. The molecule has 0 aliphatic carbocycles. The van der Waals surface area contributed by atoms with E-state index in [0.29, 0.717) is 12.0 Å². The fraction of sp³-hybridized carbons (Fsp3) is 0.158. The molecule has 0 saturated carbocycles. The minimum Gasteiger partial charge on any atom is -0.380 e. The molecule has 3 aromatic carbocycles. The van der Waals surface area contributed by atoms with Crippen molar-refractivity contribution in [3.63, 3.8) is 0 Å². The Hall–Kier alpha value is -2.19. The molecule has 1 N–H and O–H groups in total. The van der Waals surface area contributed by atoms with Gasteiger partial charge in [-0.05, 0) is 46.5 Å². The van der Waals surface area contributed by atoms with Crippen LogP contribution in [0, 0.1) is 5.82 Å². The lowest BCUT2D eigenvalue weighted by Crippen LogP contribution is -2.26. The molecular formula is C19H17FO. The van der Waals surface area contributed by atoms with Gasteiger partial charge in [-0.25, -0.2) is 4.39 Å². The minimum absolute atomic E-state index is 0.333. The highest BCUT2D eigenvalue weighted by Gasteiger charge is 2.29. The standard InChI is InChI=1S/C19H17FO/c1-2-19(21,16-8-5-9-18(20)13-16)17-11-10-14-6-3-4-7-15(14)12-17/h3-13,21H,2H2,1H3. The lowest BCUT2D eigenvalue weighted by molar-refractivity contribution is 0.0763. The van der Waals surface area contributed by atoms with E-state index in [1.165, 1.54) is 12.1 Å². The first-order valence-corrected chi connectivity index (χ1v) is 7.11. The van der Waals surface area contributed by atoms with Crippen molar-refractivity contribution in [3.8, 4) is 0 Å². The number of halogens is 1. The van der Waals surface area contributed by atoms with Crippen molar-refractivity contribution < 1.29 is 9.50 Å². The van der Waals surface area contributed by atoms with Crippen molar-refractivity contribution in [2.24, 2.45) is 0 Å². The van der Waals surface area contributed by atoms with E-state index in [1.807, 2.05) is 49.4 Å². The molecule has 1 nitrogen and oxygen atoms in total. The zero-order chi connectivity index (χ0) is 14.9.